The van der Waals surface area contributed by atoms with E-state index < -0.39 is 27.9 Å². The monoisotopic (exact) mass is 492 g/mol. The average Bonchev–Trinajstić information content (AvgIpc) is 3.21. The van der Waals surface area contributed by atoms with E-state index in [0.717, 1.165) is 11.3 Å². The molecule has 0 fully saturated rings. The Morgan fingerprint density at radius 3 is 2.67 bits per heavy atom. The highest BCUT2D eigenvalue weighted by atomic mass is 32.2. The number of amides is 1. The zero-order valence-electron chi connectivity index (χ0n) is 17.4. The fourth-order valence-corrected chi connectivity index (χ4v) is 4.58. The number of carbonyl (C=O) groups is 2. The Balaban J connectivity index is 2.15. The van der Waals surface area contributed by atoms with Crippen molar-refractivity contribution in [1.29, 1.82) is 0 Å². The lowest BCUT2D eigenvalue weighted by Gasteiger charge is -2.15. The molecule has 2 aromatic rings. The number of benzene rings is 1. The van der Waals surface area contributed by atoms with E-state index in [0.29, 0.717) is 12.0 Å². The fourth-order valence-electron chi connectivity index (χ4n) is 2.65. The second-order valence-electron chi connectivity index (χ2n) is 6.62. The summed E-state index contributed by atoms with van der Waals surface area (Å²) in [6.07, 6.45) is 0.406. The molecule has 0 spiro atoms. The number of nitrogens with two attached hydrogens (primary N) is 3. The van der Waals surface area contributed by atoms with Crippen molar-refractivity contribution >= 4 is 44.9 Å². The molecule has 0 bridgehead atoms. The molecule has 176 valence electrons. The van der Waals surface area contributed by atoms with Crippen molar-refractivity contribution in [2.45, 2.75) is 23.8 Å². The van der Waals surface area contributed by atoms with Gasteiger partial charge < -0.3 is 27.6 Å². The third-order valence-electron chi connectivity index (χ3n) is 4.14. The van der Waals surface area contributed by atoms with E-state index in [1.54, 1.807) is 6.07 Å². The van der Waals surface area contributed by atoms with Crippen LogP contribution in [0.3, 0.4) is 0 Å². The van der Waals surface area contributed by atoms with Crippen molar-refractivity contribution in [3.05, 3.63) is 46.2 Å². The van der Waals surface area contributed by atoms with Crippen molar-refractivity contribution < 1.29 is 23.1 Å². The molecule has 13 heteroatoms. The van der Waals surface area contributed by atoms with Crippen LogP contribution in [-0.2, 0) is 14.8 Å². The molecule has 0 saturated carbocycles. The molecule has 11 nitrogen and oxygen atoms in total. The highest BCUT2D eigenvalue weighted by Crippen LogP contribution is 2.26. The first-order valence-electron chi connectivity index (χ1n) is 9.62. The summed E-state index contributed by atoms with van der Waals surface area (Å²) in [4.78, 5) is 27.9. The molecule has 0 unspecified atom stereocenters. The smallest absolute Gasteiger partial charge is 0.326 e. The van der Waals surface area contributed by atoms with E-state index in [2.05, 4.69) is 26.9 Å². The normalized spacial score (nSPS) is 11.5. The number of aliphatic carboxylic acids is 1. The molecule has 1 atom stereocenters. The highest BCUT2D eigenvalue weighted by Gasteiger charge is 2.24. The second-order valence-corrected chi connectivity index (χ2v) is 9.21. The topological polar surface area (TPSA) is 203 Å². The standard InChI is InChI=1S/C20H24N6O5S2/c21-9-2-5-13-4-1-6-14(12-13)33(30,31)26-15-8-11-32-17(15)18(27)25-16(19(28)29)7-3-10-24-20(22)23/h1,4,6,8,11-12,16,26H,3,7,9-10,21H2,(H,25,27)(H,28,29)(H4,22,23,24)/t16-/m0/s1. The van der Waals surface area contributed by atoms with E-state index in [1.165, 1.54) is 29.6 Å². The number of nitrogens with zero attached hydrogens (tertiary/aromatic N) is 1. The van der Waals surface area contributed by atoms with Crippen LogP contribution in [0.2, 0.25) is 0 Å². The molecule has 9 N–H and O–H groups in total. The van der Waals surface area contributed by atoms with Crippen LogP contribution in [0.25, 0.3) is 0 Å². The predicted octanol–water partition coefficient (Wildman–Crippen LogP) is 0.0957. The number of carboxylic acids is 1. The maximum Gasteiger partial charge on any atom is 0.326 e. The zero-order chi connectivity index (χ0) is 24.4. The summed E-state index contributed by atoms with van der Waals surface area (Å²) < 4.78 is 28.0. The van der Waals surface area contributed by atoms with Gasteiger partial charge >= 0.3 is 5.97 Å². The van der Waals surface area contributed by atoms with E-state index in [9.17, 15) is 23.1 Å². The van der Waals surface area contributed by atoms with Crippen LogP contribution in [0.5, 0.6) is 0 Å². The summed E-state index contributed by atoms with van der Waals surface area (Å²) in [7, 11) is -4.03. The first-order valence-corrected chi connectivity index (χ1v) is 12.0. The fraction of sp³-hybridized carbons (Fsp3) is 0.250. The van der Waals surface area contributed by atoms with Crippen LogP contribution < -0.4 is 27.2 Å². The minimum Gasteiger partial charge on any atom is -0.480 e. The number of sulfonamides is 1. The van der Waals surface area contributed by atoms with E-state index in [-0.39, 0.29) is 40.9 Å². The Morgan fingerprint density at radius 2 is 2.00 bits per heavy atom. The van der Waals surface area contributed by atoms with Crippen molar-refractivity contribution in [2.24, 2.45) is 22.2 Å². The van der Waals surface area contributed by atoms with Gasteiger partial charge in [-0.2, -0.15) is 0 Å². The van der Waals surface area contributed by atoms with Crippen LogP contribution in [0.1, 0.15) is 28.1 Å². The first kappa shape index (κ1) is 25.7. The maximum atomic E-state index is 12.8. The molecule has 33 heavy (non-hydrogen) atoms. The number of carbonyl (C=O) groups excluding carboxylic acids is 1. The van der Waals surface area contributed by atoms with Gasteiger partial charge in [-0.15, -0.1) is 11.3 Å². The Bertz CT molecular complexity index is 1190. The molecule has 0 saturated heterocycles. The first-order chi connectivity index (χ1) is 15.6. The molecule has 0 radical (unpaired) electrons. The van der Waals surface area contributed by atoms with Crippen LogP contribution in [-0.4, -0.2) is 50.5 Å². The van der Waals surface area contributed by atoms with Gasteiger partial charge in [-0.25, -0.2) is 13.2 Å². The van der Waals surface area contributed by atoms with Crippen molar-refractivity contribution in [3.63, 3.8) is 0 Å². The van der Waals surface area contributed by atoms with Gasteiger partial charge in [0.05, 0.1) is 17.1 Å². The van der Waals surface area contributed by atoms with Crippen LogP contribution in [0, 0.1) is 11.8 Å². The summed E-state index contributed by atoms with van der Waals surface area (Å²) in [5.41, 5.74) is 16.3. The average molecular weight is 493 g/mol. The lowest BCUT2D eigenvalue weighted by molar-refractivity contribution is -0.139. The van der Waals surface area contributed by atoms with Gasteiger partial charge in [0.1, 0.15) is 10.9 Å². The molecule has 1 heterocycles. The molecule has 0 aliphatic rings. The summed E-state index contributed by atoms with van der Waals surface area (Å²) >= 11 is 0.971. The van der Waals surface area contributed by atoms with Gasteiger partial charge in [0.15, 0.2) is 5.96 Å². The molecule has 2 rings (SSSR count). The Kier molecular flexibility index (Phi) is 9.22. The summed E-state index contributed by atoms with van der Waals surface area (Å²) in [5, 5.41) is 13.3. The highest BCUT2D eigenvalue weighted by molar-refractivity contribution is 7.92. The van der Waals surface area contributed by atoms with Gasteiger partial charge in [-0.05, 0) is 42.5 Å². The van der Waals surface area contributed by atoms with E-state index >= 15 is 0 Å². The van der Waals surface area contributed by atoms with Gasteiger partial charge in [0, 0.05) is 12.1 Å². The number of nitrogens with one attached hydrogen (secondary N) is 2. The maximum absolute atomic E-state index is 12.8. The minimum absolute atomic E-state index is 0.0214. The van der Waals surface area contributed by atoms with Crippen molar-refractivity contribution in [1.82, 2.24) is 5.32 Å². The van der Waals surface area contributed by atoms with Gasteiger partial charge in [-0.3, -0.25) is 14.5 Å². The zero-order valence-corrected chi connectivity index (χ0v) is 19.1. The second kappa shape index (κ2) is 11.9. The summed E-state index contributed by atoms with van der Waals surface area (Å²) in [6.45, 7) is 0.342. The number of hydrogen-bond donors (Lipinski definition) is 6. The number of aliphatic imine (C=N–C) groups is 1. The molecular weight excluding hydrogens is 468 g/mol. The molecular formula is C20H24N6O5S2. The molecule has 1 amide bonds. The predicted molar refractivity (Wildman–Crippen MR) is 126 cm³/mol. The number of hydrogen-bond acceptors (Lipinski definition) is 7. The number of rotatable bonds is 10. The lowest BCUT2D eigenvalue weighted by Crippen LogP contribution is -2.40. The Hall–Kier alpha value is -3.60. The summed E-state index contributed by atoms with van der Waals surface area (Å²) in [5.74, 6) is 3.34. The number of carboxylic acid groups (broad SMARTS) is 1. The SMILES string of the molecule is NCC#Cc1cccc(S(=O)(=O)Nc2ccsc2C(=O)N[C@@H](CCCN=C(N)N)C(=O)O)c1. The Morgan fingerprint density at radius 1 is 1.24 bits per heavy atom. The molecule has 1 aromatic heterocycles. The molecule has 1 aromatic carbocycles. The van der Waals surface area contributed by atoms with Crippen molar-refractivity contribution in [3.8, 4) is 11.8 Å². The molecule has 0 aliphatic carbocycles. The van der Waals surface area contributed by atoms with Crippen LogP contribution in [0.15, 0.2) is 45.6 Å². The number of guanidine groups is 1. The lowest BCUT2D eigenvalue weighted by atomic mass is 10.1. The van der Waals surface area contributed by atoms with Crippen molar-refractivity contribution in [2.75, 3.05) is 17.8 Å². The largest absolute Gasteiger partial charge is 0.480 e. The van der Waals surface area contributed by atoms with Crippen LogP contribution in [0.4, 0.5) is 5.69 Å². The summed E-state index contributed by atoms with van der Waals surface area (Å²) in [6, 6.07) is 6.17. The number of anilines is 1. The third kappa shape index (κ3) is 7.79. The van der Waals surface area contributed by atoms with E-state index in [1.807, 2.05) is 0 Å². The minimum atomic E-state index is -4.03. The van der Waals surface area contributed by atoms with Gasteiger partial charge in [0.25, 0.3) is 15.9 Å². The number of thiophene rings is 1. The van der Waals surface area contributed by atoms with Gasteiger partial charge in [0.2, 0.25) is 0 Å². The quantitative estimate of drug-likeness (QED) is 0.116. The van der Waals surface area contributed by atoms with Crippen LogP contribution >= 0.6 is 11.3 Å². The third-order valence-corrected chi connectivity index (χ3v) is 6.42. The Labute approximate surface area is 195 Å². The van der Waals surface area contributed by atoms with Gasteiger partial charge in [-0.1, -0.05) is 17.9 Å². The molecule has 0 aliphatic heterocycles. The van der Waals surface area contributed by atoms with E-state index in [4.69, 9.17) is 17.2 Å².